The monoisotopic (exact) mass is 373 g/mol. The molecule has 9 heteroatoms. The van der Waals surface area contributed by atoms with Crippen molar-refractivity contribution >= 4 is 23.8 Å². The Morgan fingerprint density at radius 3 is 3.19 bits per heavy atom. The summed E-state index contributed by atoms with van der Waals surface area (Å²) in [5.74, 6) is -0.0611. The van der Waals surface area contributed by atoms with Crippen molar-refractivity contribution in [2.75, 3.05) is 25.4 Å². The van der Waals surface area contributed by atoms with Crippen molar-refractivity contribution in [1.29, 1.82) is 0 Å². The molecule has 0 bridgehead atoms. The number of amides is 1. The van der Waals surface area contributed by atoms with E-state index in [0.29, 0.717) is 30.0 Å². The van der Waals surface area contributed by atoms with Crippen LogP contribution in [0, 0.1) is 12.7 Å². The molecule has 142 valence electrons. The van der Waals surface area contributed by atoms with Gasteiger partial charge in [0.15, 0.2) is 5.82 Å². The van der Waals surface area contributed by atoms with Crippen molar-refractivity contribution in [3.8, 4) is 0 Å². The average molecular weight is 373 g/mol. The van der Waals surface area contributed by atoms with E-state index in [0.717, 1.165) is 0 Å². The van der Waals surface area contributed by atoms with Gasteiger partial charge in [-0.15, -0.1) is 0 Å². The Balaban J connectivity index is 1.54. The molecular weight excluding hydrogens is 353 g/mol. The third-order valence-electron chi connectivity index (χ3n) is 4.05. The summed E-state index contributed by atoms with van der Waals surface area (Å²) in [6.07, 6.45) is 3.50. The van der Waals surface area contributed by atoms with Gasteiger partial charge in [-0.3, -0.25) is 4.99 Å². The first-order chi connectivity index (χ1) is 13.0. The second-order valence-electron chi connectivity index (χ2n) is 6.06. The van der Waals surface area contributed by atoms with E-state index in [1.54, 1.807) is 25.3 Å². The summed E-state index contributed by atoms with van der Waals surface area (Å²) in [7, 11) is 0. The summed E-state index contributed by atoms with van der Waals surface area (Å²) in [5.41, 5.74) is 7.28. The highest BCUT2D eigenvalue weighted by Crippen LogP contribution is 2.17. The molecule has 1 fully saturated rings. The fourth-order valence-corrected chi connectivity index (χ4v) is 2.49. The molecule has 1 amide bonds. The Bertz CT molecular complexity index is 845. The van der Waals surface area contributed by atoms with E-state index in [-0.39, 0.29) is 24.8 Å². The van der Waals surface area contributed by atoms with Crippen molar-refractivity contribution in [2.24, 2.45) is 4.99 Å². The van der Waals surface area contributed by atoms with Gasteiger partial charge in [0.05, 0.1) is 19.3 Å². The number of nitrogens with two attached hydrogens (primary N) is 1. The Labute approximate surface area is 155 Å². The lowest BCUT2D eigenvalue weighted by Crippen LogP contribution is -2.46. The molecule has 2 N–H and O–H groups in total. The van der Waals surface area contributed by atoms with Crippen LogP contribution in [0.15, 0.2) is 35.7 Å². The van der Waals surface area contributed by atoms with Crippen molar-refractivity contribution in [3.63, 3.8) is 0 Å². The van der Waals surface area contributed by atoms with E-state index in [1.165, 1.54) is 23.5 Å². The first kappa shape index (κ1) is 18.7. The summed E-state index contributed by atoms with van der Waals surface area (Å²) in [6.45, 7) is 2.73. The van der Waals surface area contributed by atoms with Crippen LogP contribution >= 0.6 is 0 Å². The number of hydrogen-bond acceptors (Lipinski definition) is 7. The largest absolute Gasteiger partial charge is 0.445 e. The number of carbonyl (C=O) groups is 1. The number of ether oxygens (including phenoxy) is 2. The van der Waals surface area contributed by atoms with Crippen LogP contribution in [0.3, 0.4) is 0 Å². The summed E-state index contributed by atoms with van der Waals surface area (Å²) < 4.78 is 24.4. The van der Waals surface area contributed by atoms with E-state index in [1.807, 2.05) is 0 Å². The van der Waals surface area contributed by atoms with Crippen molar-refractivity contribution < 1.29 is 18.7 Å². The highest BCUT2D eigenvalue weighted by molar-refractivity contribution is 5.73. The molecule has 1 aliphatic rings. The fraction of sp³-hybridized carbons (Fsp3) is 0.333. The van der Waals surface area contributed by atoms with E-state index in [4.69, 9.17) is 15.2 Å². The summed E-state index contributed by atoms with van der Waals surface area (Å²) in [6, 6.07) is 4.75. The van der Waals surface area contributed by atoms with Gasteiger partial charge in [-0.25, -0.2) is 19.2 Å². The molecule has 2 heterocycles. The van der Waals surface area contributed by atoms with E-state index < -0.39 is 12.2 Å². The highest BCUT2D eigenvalue weighted by Gasteiger charge is 2.24. The normalized spacial score (nSPS) is 17.3. The lowest BCUT2D eigenvalue weighted by molar-refractivity contribution is 0.00329. The molecule has 1 atom stereocenters. The van der Waals surface area contributed by atoms with Crippen LogP contribution in [-0.2, 0) is 16.1 Å². The number of aromatic nitrogens is 2. The lowest BCUT2D eigenvalue weighted by atomic mass is 10.1. The average Bonchev–Trinajstić information content (AvgIpc) is 2.68. The van der Waals surface area contributed by atoms with Gasteiger partial charge in [0.2, 0.25) is 0 Å². The Morgan fingerprint density at radius 1 is 1.56 bits per heavy atom. The summed E-state index contributed by atoms with van der Waals surface area (Å²) in [4.78, 5) is 25.7. The second-order valence-corrected chi connectivity index (χ2v) is 6.06. The minimum atomic E-state index is -0.486. The highest BCUT2D eigenvalue weighted by atomic mass is 19.1. The SMILES string of the molecule is Cc1ccc(COC(=O)N2CCO[C@H](C=Nc3cncnc3N)C2)cc1F. The third-order valence-corrected chi connectivity index (χ3v) is 4.05. The van der Waals surface area contributed by atoms with Crippen molar-refractivity contribution in [2.45, 2.75) is 19.6 Å². The molecule has 1 aromatic carbocycles. The van der Waals surface area contributed by atoms with Gasteiger partial charge in [-0.05, 0) is 24.1 Å². The van der Waals surface area contributed by atoms with Crippen LogP contribution in [0.5, 0.6) is 0 Å². The van der Waals surface area contributed by atoms with Crippen molar-refractivity contribution in [3.05, 3.63) is 47.7 Å². The zero-order chi connectivity index (χ0) is 19.2. The Hall–Kier alpha value is -3.07. The van der Waals surface area contributed by atoms with Gasteiger partial charge in [0.25, 0.3) is 0 Å². The molecule has 8 nitrogen and oxygen atoms in total. The van der Waals surface area contributed by atoms with Crippen LogP contribution in [0.1, 0.15) is 11.1 Å². The van der Waals surface area contributed by atoms with Gasteiger partial charge in [0.1, 0.15) is 30.5 Å². The maximum Gasteiger partial charge on any atom is 0.410 e. The molecule has 1 aliphatic heterocycles. The van der Waals surface area contributed by atoms with Gasteiger partial charge in [-0.1, -0.05) is 12.1 Å². The van der Waals surface area contributed by atoms with Gasteiger partial charge in [-0.2, -0.15) is 0 Å². The molecule has 27 heavy (non-hydrogen) atoms. The van der Waals surface area contributed by atoms with Crippen molar-refractivity contribution in [1.82, 2.24) is 14.9 Å². The van der Waals surface area contributed by atoms with E-state index in [9.17, 15) is 9.18 Å². The topological polar surface area (TPSA) is 103 Å². The van der Waals surface area contributed by atoms with E-state index in [2.05, 4.69) is 15.0 Å². The molecule has 0 radical (unpaired) electrons. The number of benzene rings is 1. The van der Waals surface area contributed by atoms with Crippen LogP contribution in [0.25, 0.3) is 0 Å². The first-order valence-electron chi connectivity index (χ1n) is 8.41. The van der Waals surface area contributed by atoms with Crippen LogP contribution < -0.4 is 5.73 Å². The van der Waals surface area contributed by atoms with Gasteiger partial charge in [0, 0.05) is 12.8 Å². The number of hydrogen-bond donors (Lipinski definition) is 1. The molecular formula is C18H20FN5O3. The van der Waals surface area contributed by atoms with Crippen LogP contribution in [-0.4, -0.2) is 53.0 Å². The number of nitrogens with zero attached hydrogens (tertiary/aromatic N) is 4. The molecule has 2 aromatic rings. The van der Waals surface area contributed by atoms with Gasteiger partial charge < -0.3 is 20.1 Å². The number of aliphatic imine (C=N–C) groups is 1. The first-order valence-corrected chi connectivity index (χ1v) is 8.41. The molecule has 3 rings (SSSR count). The molecule has 0 saturated carbocycles. The summed E-state index contributed by atoms with van der Waals surface area (Å²) in [5, 5.41) is 0. The fourth-order valence-electron chi connectivity index (χ4n) is 2.49. The molecule has 0 spiro atoms. The number of aryl methyl sites for hydroxylation is 1. The number of halogens is 1. The second kappa shape index (κ2) is 8.54. The molecule has 1 aromatic heterocycles. The molecule has 0 unspecified atom stereocenters. The molecule has 1 saturated heterocycles. The smallest absolute Gasteiger partial charge is 0.410 e. The predicted octanol–water partition coefficient (Wildman–Crippen LogP) is 2.25. The Kier molecular flexibility index (Phi) is 5.92. The lowest BCUT2D eigenvalue weighted by Gasteiger charge is -2.30. The maximum absolute atomic E-state index is 13.6. The molecule has 0 aliphatic carbocycles. The minimum absolute atomic E-state index is 0.00400. The number of morpholine rings is 1. The van der Waals surface area contributed by atoms with Crippen LogP contribution in [0.4, 0.5) is 20.7 Å². The van der Waals surface area contributed by atoms with Gasteiger partial charge >= 0.3 is 6.09 Å². The predicted molar refractivity (Wildman–Crippen MR) is 97.2 cm³/mol. The maximum atomic E-state index is 13.6. The van der Waals surface area contributed by atoms with Crippen LogP contribution in [0.2, 0.25) is 0 Å². The van der Waals surface area contributed by atoms with E-state index >= 15 is 0 Å². The zero-order valence-electron chi connectivity index (χ0n) is 14.8. The number of rotatable bonds is 4. The standard InChI is InChI=1S/C18H20FN5O3/c1-12-2-3-13(6-15(12)19)10-27-18(25)24-4-5-26-14(9-24)7-22-16-8-21-11-23-17(16)20/h2-3,6-8,11,14H,4-5,9-10H2,1H3,(H2,20,21,23)/t14-/m1/s1. The number of anilines is 1. The quantitative estimate of drug-likeness (QED) is 0.825. The third kappa shape index (κ3) is 4.98. The zero-order valence-corrected chi connectivity index (χ0v) is 14.8. The number of nitrogen functional groups attached to an aromatic ring is 1. The minimum Gasteiger partial charge on any atom is -0.445 e. The Morgan fingerprint density at radius 2 is 2.41 bits per heavy atom. The number of carbonyl (C=O) groups excluding carboxylic acids is 1. The summed E-state index contributed by atoms with van der Waals surface area (Å²) >= 11 is 0.